The van der Waals surface area contributed by atoms with Crippen molar-refractivity contribution in [3.63, 3.8) is 0 Å². The van der Waals surface area contributed by atoms with Crippen LogP contribution in [0.1, 0.15) is 19.4 Å². The van der Waals surface area contributed by atoms with Gasteiger partial charge < -0.3 is 14.8 Å². The maximum Gasteiger partial charge on any atom is 0.328 e. The van der Waals surface area contributed by atoms with Crippen LogP contribution in [0.25, 0.3) is 0 Å². The van der Waals surface area contributed by atoms with Gasteiger partial charge in [0.15, 0.2) is 0 Å². The molecule has 1 rings (SSSR count). The number of carbonyl (C=O) groups excluding carboxylic acids is 1. The molecule has 0 aliphatic carbocycles. The van der Waals surface area contributed by atoms with Crippen molar-refractivity contribution in [3.8, 4) is 11.8 Å². The Kier molecular flexibility index (Phi) is 5.00. The highest BCUT2D eigenvalue weighted by Crippen LogP contribution is 2.22. The number of hydrogen-bond donors (Lipinski definition) is 1. The monoisotopic (exact) mass is 248 g/mol. The van der Waals surface area contributed by atoms with Crippen LogP contribution in [-0.4, -0.2) is 25.7 Å². The van der Waals surface area contributed by atoms with E-state index in [-0.39, 0.29) is 5.97 Å². The lowest BCUT2D eigenvalue weighted by molar-refractivity contribution is -0.143. The summed E-state index contributed by atoms with van der Waals surface area (Å²) < 4.78 is 9.97. The first kappa shape index (κ1) is 13.8. The number of nitrogens with zero attached hydrogens (tertiary/aromatic N) is 1. The molecular formula is C13H16N2O3. The Labute approximate surface area is 106 Å². The van der Waals surface area contributed by atoms with Gasteiger partial charge in [-0.05, 0) is 26.0 Å². The Balaban J connectivity index is 2.88. The molecule has 0 heterocycles. The maximum atomic E-state index is 11.5. The second-order valence-electron chi connectivity index (χ2n) is 3.64. The number of esters is 1. The first-order valence-electron chi connectivity index (χ1n) is 5.63. The van der Waals surface area contributed by atoms with Gasteiger partial charge in [-0.3, -0.25) is 0 Å². The molecule has 18 heavy (non-hydrogen) atoms. The number of ether oxygens (including phenoxy) is 2. The van der Waals surface area contributed by atoms with Crippen molar-refractivity contribution in [1.82, 2.24) is 0 Å². The van der Waals surface area contributed by atoms with Gasteiger partial charge in [0.2, 0.25) is 0 Å². The first-order valence-corrected chi connectivity index (χ1v) is 5.63. The van der Waals surface area contributed by atoms with Crippen LogP contribution in [0.2, 0.25) is 0 Å². The molecule has 1 unspecified atom stereocenters. The van der Waals surface area contributed by atoms with Crippen LogP contribution in [0.15, 0.2) is 18.2 Å². The molecule has 0 saturated carbocycles. The summed E-state index contributed by atoms with van der Waals surface area (Å²) in [6.45, 7) is 3.75. The number of nitriles is 1. The van der Waals surface area contributed by atoms with Gasteiger partial charge in [0.1, 0.15) is 17.9 Å². The minimum atomic E-state index is -0.524. The van der Waals surface area contributed by atoms with Crippen LogP contribution in [0.5, 0.6) is 5.75 Å². The molecular weight excluding hydrogens is 232 g/mol. The Bertz CT molecular complexity index is 466. The van der Waals surface area contributed by atoms with E-state index in [1.807, 2.05) is 0 Å². The van der Waals surface area contributed by atoms with Crippen molar-refractivity contribution < 1.29 is 14.3 Å². The third-order valence-electron chi connectivity index (χ3n) is 2.36. The fraction of sp³-hybridized carbons (Fsp3) is 0.385. The van der Waals surface area contributed by atoms with E-state index in [2.05, 4.69) is 11.4 Å². The lowest BCUT2D eigenvalue weighted by Crippen LogP contribution is -2.28. The van der Waals surface area contributed by atoms with Gasteiger partial charge in [-0.15, -0.1) is 0 Å². The summed E-state index contributed by atoms with van der Waals surface area (Å²) in [5.41, 5.74) is 1.00. The Morgan fingerprint density at radius 1 is 1.56 bits per heavy atom. The van der Waals surface area contributed by atoms with E-state index < -0.39 is 6.04 Å². The van der Waals surface area contributed by atoms with Gasteiger partial charge in [0.25, 0.3) is 0 Å². The predicted molar refractivity (Wildman–Crippen MR) is 67.4 cm³/mol. The average Bonchev–Trinajstić information content (AvgIpc) is 2.38. The van der Waals surface area contributed by atoms with Crippen molar-refractivity contribution in [2.45, 2.75) is 19.9 Å². The number of nitrogens with one attached hydrogen (secondary N) is 1. The smallest absolute Gasteiger partial charge is 0.328 e. The quantitative estimate of drug-likeness (QED) is 0.806. The predicted octanol–water partition coefficient (Wildman–Crippen LogP) is 1.93. The second-order valence-corrected chi connectivity index (χ2v) is 3.64. The number of anilines is 1. The van der Waals surface area contributed by atoms with E-state index in [1.54, 1.807) is 39.2 Å². The summed E-state index contributed by atoms with van der Waals surface area (Å²) in [6.07, 6.45) is 0. The third kappa shape index (κ3) is 3.39. The number of benzene rings is 1. The Morgan fingerprint density at radius 2 is 2.28 bits per heavy atom. The lowest BCUT2D eigenvalue weighted by atomic mass is 10.1. The highest BCUT2D eigenvalue weighted by atomic mass is 16.5. The molecule has 0 spiro atoms. The van der Waals surface area contributed by atoms with E-state index in [1.165, 1.54) is 0 Å². The molecule has 0 amide bonds. The SMILES string of the molecule is CCOC(=O)C(C)Nc1cc(OC)ccc1C#N. The maximum absolute atomic E-state index is 11.5. The fourth-order valence-corrected chi connectivity index (χ4v) is 1.43. The number of methoxy groups -OCH3 is 1. The standard InChI is InChI=1S/C13H16N2O3/c1-4-18-13(16)9(2)15-12-7-11(17-3)6-5-10(12)8-14/h5-7,9,15H,4H2,1-3H3. The number of rotatable bonds is 5. The molecule has 0 saturated heterocycles. The summed E-state index contributed by atoms with van der Waals surface area (Å²) in [7, 11) is 1.54. The zero-order chi connectivity index (χ0) is 13.5. The van der Waals surface area contributed by atoms with Crippen LogP contribution < -0.4 is 10.1 Å². The largest absolute Gasteiger partial charge is 0.497 e. The van der Waals surface area contributed by atoms with E-state index in [0.29, 0.717) is 23.6 Å². The van der Waals surface area contributed by atoms with Gasteiger partial charge in [-0.1, -0.05) is 0 Å². The van der Waals surface area contributed by atoms with Crippen molar-refractivity contribution in [1.29, 1.82) is 5.26 Å². The van der Waals surface area contributed by atoms with Crippen LogP contribution in [0, 0.1) is 11.3 Å². The summed E-state index contributed by atoms with van der Waals surface area (Å²) in [6, 6.07) is 6.54. The molecule has 0 bridgehead atoms. The summed E-state index contributed by atoms with van der Waals surface area (Å²) in [5.74, 6) is 0.261. The minimum Gasteiger partial charge on any atom is -0.497 e. The van der Waals surface area contributed by atoms with Crippen molar-refractivity contribution in [2.24, 2.45) is 0 Å². The topological polar surface area (TPSA) is 71.3 Å². The van der Waals surface area contributed by atoms with Crippen LogP contribution >= 0.6 is 0 Å². The molecule has 0 radical (unpaired) electrons. The zero-order valence-electron chi connectivity index (χ0n) is 10.7. The number of carbonyl (C=O) groups is 1. The summed E-state index contributed by atoms with van der Waals surface area (Å²) in [5, 5.41) is 11.9. The van der Waals surface area contributed by atoms with Crippen LogP contribution in [-0.2, 0) is 9.53 Å². The summed E-state index contributed by atoms with van der Waals surface area (Å²) in [4.78, 5) is 11.5. The van der Waals surface area contributed by atoms with E-state index in [0.717, 1.165) is 0 Å². The molecule has 0 aromatic heterocycles. The highest BCUT2D eigenvalue weighted by Gasteiger charge is 2.15. The van der Waals surface area contributed by atoms with Crippen LogP contribution in [0.3, 0.4) is 0 Å². The first-order chi connectivity index (χ1) is 8.62. The van der Waals surface area contributed by atoms with Crippen molar-refractivity contribution >= 4 is 11.7 Å². The third-order valence-corrected chi connectivity index (χ3v) is 2.36. The van der Waals surface area contributed by atoms with Gasteiger partial charge in [0.05, 0.1) is 25.0 Å². The van der Waals surface area contributed by atoms with Gasteiger partial charge >= 0.3 is 5.97 Å². The van der Waals surface area contributed by atoms with Crippen molar-refractivity contribution in [3.05, 3.63) is 23.8 Å². The second kappa shape index (κ2) is 6.50. The molecule has 1 atom stereocenters. The minimum absolute atomic E-state index is 0.327. The van der Waals surface area contributed by atoms with Crippen molar-refractivity contribution in [2.75, 3.05) is 19.0 Å². The van der Waals surface area contributed by atoms with Crippen LogP contribution in [0.4, 0.5) is 5.69 Å². The summed E-state index contributed by atoms with van der Waals surface area (Å²) >= 11 is 0. The van der Waals surface area contributed by atoms with Gasteiger partial charge in [-0.25, -0.2) is 4.79 Å². The highest BCUT2D eigenvalue weighted by molar-refractivity contribution is 5.79. The molecule has 1 aromatic rings. The Hall–Kier alpha value is -2.22. The van der Waals surface area contributed by atoms with Gasteiger partial charge in [0, 0.05) is 6.07 Å². The average molecular weight is 248 g/mol. The molecule has 1 aromatic carbocycles. The molecule has 0 aliphatic heterocycles. The Morgan fingerprint density at radius 3 is 2.83 bits per heavy atom. The molecule has 5 heteroatoms. The molecule has 96 valence electrons. The number of hydrogen-bond acceptors (Lipinski definition) is 5. The normalized spacial score (nSPS) is 11.2. The zero-order valence-corrected chi connectivity index (χ0v) is 10.7. The fourth-order valence-electron chi connectivity index (χ4n) is 1.43. The lowest BCUT2D eigenvalue weighted by Gasteiger charge is -2.15. The molecule has 0 fully saturated rings. The molecule has 0 aliphatic rings. The molecule has 1 N–H and O–H groups in total. The van der Waals surface area contributed by atoms with E-state index >= 15 is 0 Å². The van der Waals surface area contributed by atoms with E-state index in [9.17, 15) is 4.79 Å². The van der Waals surface area contributed by atoms with Gasteiger partial charge in [-0.2, -0.15) is 5.26 Å². The molecule has 5 nitrogen and oxygen atoms in total. The van der Waals surface area contributed by atoms with E-state index in [4.69, 9.17) is 14.7 Å².